The highest BCUT2D eigenvalue weighted by molar-refractivity contribution is 6.31. The van der Waals surface area contributed by atoms with E-state index in [1.807, 2.05) is 6.92 Å². The van der Waals surface area contributed by atoms with Crippen molar-refractivity contribution in [3.63, 3.8) is 0 Å². The lowest BCUT2D eigenvalue weighted by Gasteiger charge is -2.20. The van der Waals surface area contributed by atoms with Gasteiger partial charge in [0.15, 0.2) is 0 Å². The van der Waals surface area contributed by atoms with Crippen LogP contribution in [0, 0.1) is 33.5 Å². The SMILES string of the molecule is Cc1cnc(COc2cc(C)n(-c3cc(-n4cc(C)cc(C(C)(C)O)c4=O)ncc3C)c(=O)c2Cl)c(F)c1. The van der Waals surface area contributed by atoms with Crippen molar-refractivity contribution >= 4 is 11.6 Å². The molecule has 0 unspecified atom stereocenters. The van der Waals surface area contributed by atoms with Gasteiger partial charge in [0.05, 0.1) is 11.3 Å². The fraction of sp³-hybridized carbons (Fsp3) is 0.286. The van der Waals surface area contributed by atoms with Crippen LogP contribution < -0.4 is 15.9 Å². The molecule has 4 aromatic rings. The van der Waals surface area contributed by atoms with Gasteiger partial charge in [-0.2, -0.15) is 0 Å². The van der Waals surface area contributed by atoms with E-state index in [9.17, 15) is 19.1 Å². The first-order chi connectivity index (χ1) is 17.8. The van der Waals surface area contributed by atoms with Gasteiger partial charge in [0, 0.05) is 42.0 Å². The molecule has 0 aliphatic carbocycles. The molecule has 0 bridgehead atoms. The number of aliphatic hydroxyl groups is 1. The maximum Gasteiger partial charge on any atom is 0.277 e. The number of ether oxygens (including phenoxy) is 1. The Hall–Kier alpha value is -3.82. The minimum Gasteiger partial charge on any atom is -0.485 e. The lowest BCUT2D eigenvalue weighted by Crippen LogP contribution is -2.32. The lowest BCUT2D eigenvalue weighted by molar-refractivity contribution is 0.0767. The first-order valence-corrected chi connectivity index (χ1v) is 12.2. The fourth-order valence-corrected chi connectivity index (χ4v) is 4.30. The smallest absolute Gasteiger partial charge is 0.277 e. The van der Waals surface area contributed by atoms with Crippen LogP contribution in [-0.4, -0.2) is 24.2 Å². The van der Waals surface area contributed by atoms with E-state index in [1.54, 1.807) is 65.2 Å². The number of nitrogens with zero attached hydrogens (tertiary/aromatic N) is 4. The second-order valence-electron chi connectivity index (χ2n) is 9.83. The fourth-order valence-electron chi connectivity index (χ4n) is 4.10. The summed E-state index contributed by atoms with van der Waals surface area (Å²) in [6.07, 6.45) is 4.70. The summed E-state index contributed by atoms with van der Waals surface area (Å²) in [4.78, 5) is 35.0. The zero-order valence-corrected chi connectivity index (χ0v) is 22.7. The van der Waals surface area contributed by atoms with Crippen LogP contribution in [0.25, 0.3) is 11.5 Å². The van der Waals surface area contributed by atoms with Crippen LogP contribution in [0.4, 0.5) is 4.39 Å². The summed E-state index contributed by atoms with van der Waals surface area (Å²) in [5.41, 5.74) is 1.06. The summed E-state index contributed by atoms with van der Waals surface area (Å²) >= 11 is 6.41. The topological polar surface area (TPSA) is 99.2 Å². The Balaban J connectivity index is 1.78. The van der Waals surface area contributed by atoms with E-state index >= 15 is 0 Å². The molecule has 0 atom stereocenters. The Bertz CT molecular complexity index is 1670. The molecule has 0 saturated carbocycles. The summed E-state index contributed by atoms with van der Waals surface area (Å²) in [5.74, 6) is -0.137. The van der Waals surface area contributed by atoms with Gasteiger partial charge >= 0.3 is 0 Å². The zero-order chi connectivity index (χ0) is 27.9. The van der Waals surface area contributed by atoms with Crippen LogP contribution in [0.1, 0.15) is 47.5 Å². The Morgan fingerprint density at radius 2 is 1.71 bits per heavy atom. The van der Waals surface area contributed by atoms with E-state index in [2.05, 4.69) is 9.97 Å². The Morgan fingerprint density at radius 1 is 1.00 bits per heavy atom. The number of aromatic nitrogens is 4. The maximum atomic E-state index is 14.2. The van der Waals surface area contributed by atoms with Crippen LogP contribution in [0.3, 0.4) is 0 Å². The predicted octanol–water partition coefficient (Wildman–Crippen LogP) is 4.61. The average molecular weight is 539 g/mol. The third-order valence-corrected chi connectivity index (χ3v) is 6.43. The molecule has 4 heterocycles. The molecule has 0 aromatic carbocycles. The van der Waals surface area contributed by atoms with Gasteiger partial charge in [-0.25, -0.2) is 9.37 Å². The molecule has 38 heavy (non-hydrogen) atoms. The predicted molar refractivity (Wildman–Crippen MR) is 143 cm³/mol. The van der Waals surface area contributed by atoms with Crippen LogP contribution in [0.5, 0.6) is 5.75 Å². The van der Waals surface area contributed by atoms with Crippen molar-refractivity contribution in [3.8, 4) is 17.3 Å². The second-order valence-corrected chi connectivity index (χ2v) is 10.2. The van der Waals surface area contributed by atoms with Crippen LogP contribution in [0.2, 0.25) is 5.02 Å². The molecule has 8 nitrogen and oxygen atoms in total. The van der Waals surface area contributed by atoms with Crippen LogP contribution in [-0.2, 0) is 12.2 Å². The van der Waals surface area contributed by atoms with E-state index in [0.717, 1.165) is 5.56 Å². The number of halogens is 2. The van der Waals surface area contributed by atoms with Gasteiger partial charge in [0.1, 0.15) is 34.7 Å². The van der Waals surface area contributed by atoms with Gasteiger partial charge in [-0.15, -0.1) is 0 Å². The Kier molecular flexibility index (Phi) is 7.27. The molecule has 0 aliphatic heterocycles. The summed E-state index contributed by atoms with van der Waals surface area (Å²) < 4.78 is 22.6. The van der Waals surface area contributed by atoms with Crippen molar-refractivity contribution in [2.75, 3.05) is 0 Å². The summed E-state index contributed by atoms with van der Waals surface area (Å²) in [6.45, 7) is 9.91. The highest BCUT2D eigenvalue weighted by Crippen LogP contribution is 2.26. The molecule has 10 heteroatoms. The zero-order valence-electron chi connectivity index (χ0n) is 22.0. The van der Waals surface area contributed by atoms with Gasteiger partial charge in [-0.1, -0.05) is 11.6 Å². The number of hydrogen-bond acceptors (Lipinski definition) is 6. The molecule has 0 fully saturated rings. The molecule has 0 radical (unpaired) electrons. The average Bonchev–Trinajstić information content (AvgIpc) is 2.83. The van der Waals surface area contributed by atoms with Crippen molar-refractivity contribution in [1.82, 2.24) is 19.1 Å². The minimum absolute atomic E-state index is 0.0946. The standard InChI is InChI=1S/C28H28ClFN4O4/c1-15-8-20(30)21(31-11-15)14-38-23-9-18(4)34(27(36)25(23)29)22-10-24(32-12-17(22)3)33-13-16(2)7-19(26(33)35)28(5,6)37/h7-13,37H,14H2,1-6H3. The Labute approximate surface area is 224 Å². The van der Waals surface area contributed by atoms with Gasteiger partial charge in [-0.05, 0) is 70.4 Å². The molecule has 4 aromatic heterocycles. The Morgan fingerprint density at radius 3 is 2.37 bits per heavy atom. The highest BCUT2D eigenvalue weighted by Gasteiger charge is 2.23. The highest BCUT2D eigenvalue weighted by atomic mass is 35.5. The van der Waals surface area contributed by atoms with Crippen molar-refractivity contribution in [1.29, 1.82) is 0 Å². The van der Waals surface area contributed by atoms with E-state index < -0.39 is 22.5 Å². The normalized spacial score (nSPS) is 11.6. The molecule has 0 saturated heterocycles. The summed E-state index contributed by atoms with van der Waals surface area (Å²) in [7, 11) is 0. The second kappa shape index (κ2) is 10.2. The number of aryl methyl sites for hydroxylation is 4. The third kappa shape index (κ3) is 5.25. The van der Waals surface area contributed by atoms with E-state index in [0.29, 0.717) is 22.5 Å². The molecule has 0 spiro atoms. The van der Waals surface area contributed by atoms with Crippen molar-refractivity contribution < 1.29 is 14.2 Å². The minimum atomic E-state index is -1.35. The molecule has 4 rings (SSSR count). The number of hydrogen-bond donors (Lipinski definition) is 1. The van der Waals surface area contributed by atoms with Gasteiger partial charge in [0.25, 0.3) is 11.1 Å². The number of pyridine rings is 4. The lowest BCUT2D eigenvalue weighted by atomic mass is 9.99. The molecule has 198 valence electrons. The van der Waals surface area contributed by atoms with Crippen LogP contribution in [0.15, 0.2) is 52.4 Å². The van der Waals surface area contributed by atoms with Gasteiger partial charge in [0.2, 0.25) is 0 Å². The third-order valence-electron chi connectivity index (χ3n) is 6.08. The molecular formula is C28H28ClFN4O4. The largest absolute Gasteiger partial charge is 0.485 e. The molecule has 0 aliphatic rings. The first kappa shape index (κ1) is 27.2. The van der Waals surface area contributed by atoms with Gasteiger partial charge in [-0.3, -0.25) is 23.7 Å². The van der Waals surface area contributed by atoms with Crippen molar-refractivity contribution in [2.45, 2.75) is 53.8 Å². The quantitative estimate of drug-likeness (QED) is 0.385. The molecule has 1 N–H and O–H groups in total. The monoisotopic (exact) mass is 538 g/mol. The van der Waals surface area contributed by atoms with E-state index in [4.69, 9.17) is 16.3 Å². The number of rotatable bonds is 6. The molecular weight excluding hydrogens is 511 g/mol. The first-order valence-electron chi connectivity index (χ1n) is 11.9. The maximum absolute atomic E-state index is 14.2. The van der Waals surface area contributed by atoms with Gasteiger partial charge < -0.3 is 9.84 Å². The summed E-state index contributed by atoms with van der Waals surface area (Å²) in [5, 5.41) is 10.3. The van der Waals surface area contributed by atoms with Crippen molar-refractivity contribution in [2.24, 2.45) is 0 Å². The van der Waals surface area contributed by atoms with E-state index in [1.165, 1.54) is 21.4 Å². The van der Waals surface area contributed by atoms with Crippen LogP contribution >= 0.6 is 11.6 Å². The van der Waals surface area contributed by atoms with E-state index in [-0.39, 0.29) is 34.5 Å². The van der Waals surface area contributed by atoms with Crippen molar-refractivity contribution in [3.05, 3.63) is 108 Å². The molecule has 0 amide bonds. The summed E-state index contributed by atoms with van der Waals surface area (Å²) in [6, 6.07) is 6.19.